The van der Waals surface area contributed by atoms with Gasteiger partial charge in [0.1, 0.15) is 17.7 Å². The van der Waals surface area contributed by atoms with Crippen molar-refractivity contribution in [2.24, 2.45) is 5.92 Å². The van der Waals surface area contributed by atoms with Crippen LogP contribution in [0.5, 0.6) is 0 Å². The number of ether oxygens (including phenoxy) is 1. The summed E-state index contributed by atoms with van der Waals surface area (Å²) in [6.07, 6.45) is 2.87. The van der Waals surface area contributed by atoms with Gasteiger partial charge in [0.2, 0.25) is 5.91 Å². The number of benzene rings is 1. The third-order valence-electron chi connectivity index (χ3n) is 5.03. The highest BCUT2D eigenvalue weighted by Gasteiger charge is 2.41. The number of carbonyl (C=O) groups is 1. The topological polar surface area (TPSA) is 54.7 Å². The Kier molecular flexibility index (Phi) is 4.44. The van der Waals surface area contributed by atoms with Crippen molar-refractivity contribution in [3.8, 4) is 0 Å². The molecule has 0 spiro atoms. The lowest BCUT2D eigenvalue weighted by Crippen LogP contribution is -2.42. The highest BCUT2D eigenvalue weighted by molar-refractivity contribution is 5.81. The van der Waals surface area contributed by atoms with Crippen LogP contribution in [-0.2, 0) is 16.1 Å². The number of nitrogens with zero attached hydrogens (tertiary/aromatic N) is 1. The van der Waals surface area contributed by atoms with Gasteiger partial charge in [-0.15, -0.1) is 0 Å². The first-order valence-electron chi connectivity index (χ1n) is 8.65. The molecular weight excluding hydrogens is 323 g/mol. The lowest BCUT2D eigenvalue weighted by atomic mass is 9.91. The van der Waals surface area contributed by atoms with Crippen LogP contribution in [0.2, 0.25) is 0 Å². The Morgan fingerprint density at radius 2 is 2.24 bits per heavy atom. The van der Waals surface area contributed by atoms with Crippen LogP contribution in [0, 0.1) is 11.7 Å². The summed E-state index contributed by atoms with van der Waals surface area (Å²) < 4.78 is 24.7. The fourth-order valence-electron chi connectivity index (χ4n) is 3.71. The number of rotatable bonds is 4. The Morgan fingerprint density at radius 1 is 1.32 bits per heavy atom. The fraction of sp³-hybridized carbons (Fsp3) is 0.421. The Bertz CT molecular complexity index is 734. The molecule has 0 bridgehead atoms. The molecule has 4 rings (SSSR count). The maximum absolute atomic E-state index is 13.4. The number of nitrogens with one attached hydrogen (secondary N) is 1. The molecule has 132 valence electrons. The van der Waals surface area contributed by atoms with Gasteiger partial charge >= 0.3 is 0 Å². The first-order chi connectivity index (χ1) is 12.2. The number of hydrogen-bond acceptors (Lipinski definition) is 4. The standard InChI is InChI=1S/C19H21FN2O3/c20-14-3-1-4-15(10-14)22-7-6-13-9-17(25-18(13)12-22)19(23)21-11-16-5-2-8-24-16/h1-5,8,10,13,17-18H,6-7,9,11-12H2,(H,21,23)/t13-,17+,18-/m0/s1. The Morgan fingerprint density at radius 3 is 3.04 bits per heavy atom. The summed E-state index contributed by atoms with van der Waals surface area (Å²) >= 11 is 0. The van der Waals surface area contributed by atoms with E-state index in [9.17, 15) is 9.18 Å². The molecule has 0 aliphatic carbocycles. The van der Waals surface area contributed by atoms with Crippen LogP contribution in [-0.4, -0.2) is 31.2 Å². The largest absolute Gasteiger partial charge is 0.467 e. The van der Waals surface area contributed by atoms with Crippen LogP contribution < -0.4 is 10.2 Å². The summed E-state index contributed by atoms with van der Waals surface area (Å²) in [6.45, 7) is 1.92. The second-order valence-electron chi connectivity index (χ2n) is 6.67. The average molecular weight is 344 g/mol. The number of fused-ring (bicyclic) bond motifs is 1. The van der Waals surface area contributed by atoms with Gasteiger partial charge in [-0.05, 0) is 49.1 Å². The van der Waals surface area contributed by atoms with Crippen molar-refractivity contribution in [2.45, 2.75) is 31.6 Å². The van der Waals surface area contributed by atoms with Crippen LogP contribution in [0.15, 0.2) is 47.1 Å². The van der Waals surface area contributed by atoms with Crippen LogP contribution in [0.3, 0.4) is 0 Å². The van der Waals surface area contributed by atoms with Gasteiger partial charge in [-0.25, -0.2) is 4.39 Å². The highest BCUT2D eigenvalue weighted by Crippen LogP contribution is 2.35. The minimum absolute atomic E-state index is 0.0105. The molecule has 25 heavy (non-hydrogen) atoms. The molecule has 6 heteroatoms. The molecule has 0 saturated carbocycles. The maximum Gasteiger partial charge on any atom is 0.249 e. The minimum atomic E-state index is -0.419. The molecule has 2 fully saturated rings. The van der Waals surface area contributed by atoms with Gasteiger partial charge in [0, 0.05) is 18.8 Å². The van der Waals surface area contributed by atoms with E-state index in [1.807, 2.05) is 12.1 Å². The Balaban J connectivity index is 1.34. The van der Waals surface area contributed by atoms with Crippen molar-refractivity contribution >= 4 is 11.6 Å². The van der Waals surface area contributed by atoms with Crippen molar-refractivity contribution in [1.29, 1.82) is 0 Å². The van der Waals surface area contributed by atoms with Crippen LogP contribution in [0.25, 0.3) is 0 Å². The van der Waals surface area contributed by atoms with Crippen LogP contribution >= 0.6 is 0 Å². The lowest BCUT2D eigenvalue weighted by Gasteiger charge is -2.35. The van der Waals surface area contributed by atoms with Crippen molar-refractivity contribution in [3.05, 3.63) is 54.2 Å². The van der Waals surface area contributed by atoms with Gasteiger partial charge in [0.15, 0.2) is 0 Å². The maximum atomic E-state index is 13.4. The molecule has 2 aromatic rings. The smallest absolute Gasteiger partial charge is 0.249 e. The van der Waals surface area contributed by atoms with E-state index in [1.54, 1.807) is 24.5 Å². The summed E-state index contributed by atoms with van der Waals surface area (Å²) in [5.74, 6) is 0.774. The Labute approximate surface area is 145 Å². The number of carbonyl (C=O) groups excluding carboxylic acids is 1. The van der Waals surface area contributed by atoms with E-state index >= 15 is 0 Å². The molecule has 1 aromatic heterocycles. The molecule has 1 aromatic carbocycles. The van der Waals surface area contributed by atoms with Crippen molar-refractivity contribution in [1.82, 2.24) is 5.32 Å². The zero-order valence-corrected chi connectivity index (χ0v) is 13.9. The predicted molar refractivity (Wildman–Crippen MR) is 90.6 cm³/mol. The molecule has 3 atom stereocenters. The first-order valence-corrected chi connectivity index (χ1v) is 8.65. The second-order valence-corrected chi connectivity index (χ2v) is 6.67. The molecule has 0 radical (unpaired) electrons. The van der Waals surface area contributed by atoms with Gasteiger partial charge in [-0.2, -0.15) is 0 Å². The van der Waals surface area contributed by atoms with Crippen LogP contribution in [0.1, 0.15) is 18.6 Å². The molecule has 0 unspecified atom stereocenters. The number of anilines is 1. The number of amides is 1. The van der Waals surface area contributed by atoms with E-state index in [4.69, 9.17) is 9.15 Å². The molecule has 5 nitrogen and oxygen atoms in total. The normalized spacial score (nSPS) is 25.6. The van der Waals surface area contributed by atoms with E-state index in [0.717, 1.165) is 30.8 Å². The summed E-state index contributed by atoms with van der Waals surface area (Å²) in [5, 5.41) is 2.87. The van der Waals surface area contributed by atoms with Gasteiger partial charge < -0.3 is 19.4 Å². The highest BCUT2D eigenvalue weighted by atomic mass is 19.1. The van der Waals surface area contributed by atoms with E-state index < -0.39 is 6.10 Å². The van der Waals surface area contributed by atoms with Gasteiger partial charge in [0.05, 0.1) is 18.9 Å². The van der Waals surface area contributed by atoms with Crippen molar-refractivity contribution < 1.29 is 18.3 Å². The second kappa shape index (κ2) is 6.88. The summed E-state index contributed by atoms with van der Waals surface area (Å²) in [7, 11) is 0. The SMILES string of the molecule is O=C(NCc1ccco1)[C@H]1C[C@@H]2CCN(c3cccc(F)c3)C[C@@H]2O1. The molecule has 3 heterocycles. The van der Waals surface area contributed by atoms with Crippen molar-refractivity contribution in [3.63, 3.8) is 0 Å². The predicted octanol–water partition coefficient (Wildman–Crippen LogP) is 2.72. The zero-order chi connectivity index (χ0) is 17.2. The molecule has 2 saturated heterocycles. The lowest BCUT2D eigenvalue weighted by molar-refractivity contribution is -0.132. The quantitative estimate of drug-likeness (QED) is 0.927. The van der Waals surface area contributed by atoms with E-state index in [1.165, 1.54) is 6.07 Å². The summed E-state index contributed by atoms with van der Waals surface area (Å²) in [4.78, 5) is 14.5. The summed E-state index contributed by atoms with van der Waals surface area (Å²) in [6, 6.07) is 10.2. The molecular formula is C19H21FN2O3. The van der Waals surface area contributed by atoms with Crippen LogP contribution in [0.4, 0.5) is 10.1 Å². The molecule has 2 aliphatic heterocycles. The van der Waals surface area contributed by atoms with Gasteiger partial charge in [0.25, 0.3) is 0 Å². The summed E-state index contributed by atoms with van der Waals surface area (Å²) in [5.41, 5.74) is 0.868. The van der Waals surface area contributed by atoms with Crippen molar-refractivity contribution in [2.75, 3.05) is 18.0 Å². The number of piperidine rings is 1. The number of furan rings is 1. The number of hydrogen-bond donors (Lipinski definition) is 1. The monoisotopic (exact) mass is 344 g/mol. The van der Waals surface area contributed by atoms with E-state index in [0.29, 0.717) is 19.0 Å². The fourth-order valence-corrected chi connectivity index (χ4v) is 3.71. The first kappa shape index (κ1) is 16.1. The minimum Gasteiger partial charge on any atom is -0.467 e. The molecule has 1 N–H and O–H groups in total. The number of halogens is 1. The van der Waals surface area contributed by atoms with E-state index in [-0.39, 0.29) is 17.8 Å². The third-order valence-corrected chi connectivity index (χ3v) is 5.03. The zero-order valence-electron chi connectivity index (χ0n) is 13.9. The average Bonchev–Trinajstić information content (AvgIpc) is 3.28. The molecule has 1 amide bonds. The third kappa shape index (κ3) is 3.54. The van der Waals surface area contributed by atoms with Gasteiger partial charge in [-0.3, -0.25) is 4.79 Å². The van der Waals surface area contributed by atoms with Gasteiger partial charge in [-0.1, -0.05) is 6.07 Å². The Hall–Kier alpha value is -2.34. The van der Waals surface area contributed by atoms with E-state index in [2.05, 4.69) is 10.2 Å². The molecule has 2 aliphatic rings.